The Labute approximate surface area is 211 Å². The molecule has 186 valence electrons. The maximum atomic E-state index is 14.4. The number of pyridine rings is 1. The van der Waals surface area contributed by atoms with Crippen LogP contribution in [0.5, 0.6) is 5.75 Å². The molecule has 0 N–H and O–H groups in total. The molecule has 3 atom stereocenters. The zero-order valence-electron chi connectivity index (χ0n) is 21.0. The summed E-state index contributed by atoms with van der Waals surface area (Å²) in [6.07, 6.45) is 6.55. The molecule has 2 aromatic heterocycles. The van der Waals surface area contributed by atoms with Gasteiger partial charge in [-0.05, 0) is 60.7 Å². The van der Waals surface area contributed by atoms with Gasteiger partial charge in [0.1, 0.15) is 11.5 Å². The normalized spacial score (nSPS) is 19.8. The Hall–Kier alpha value is -3.80. The highest BCUT2D eigenvalue weighted by molar-refractivity contribution is 6.06. The number of ether oxygens (including phenoxy) is 1. The van der Waals surface area contributed by atoms with Crippen molar-refractivity contribution in [3.63, 3.8) is 0 Å². The highest BCUT2D eigenvalue weighted by Crippen LogP contribution is 2.35. The molecule has 1 aliphatic carbocycles. The van der Waals surface area contributed by atoms with Crippen LogP contribution >= 0.6 is 0 Å². The van der Waals surface area contributed by atoms with Crippen molar-refractivity contribution in [2.45, 2.75) is 45.7 Å². The molecule has 4 aromatic rings. The van der Waals surface area contributed by atoms with Gasteiger partial charge in [0.2, 0.25) is 0 Å². The first-order valence-electron chi connectivity index (χ1n) is 12.6. The zero-order chi connectivity index (χ0) is 25.2. The number of aromatic nitrogens is 1. The number of amides is 1. The summed E-state index contributed by atoms with van der Waals surface area (Å²) >= 11 is 0. The van der Waals surface area contributed by atoms with Crippen LogP contribution in [0.2, 0.25) is 0 Å². The summed E-state index contributed by atoms with van der Waals surface area (Å²) in [5, 5.41) is 1.18. The average molecular weight is 485 g/mol. The Morgan fingerprint density at radius 2 is 1.78 bits per heavy atom. The lowest BCUT2D eigenvalue weighted by molar-refractivity contribution is 0.0428. The minimum Gasteiger partial charge on any atom is -0.497 e. The summed E-state index contributed by atoms with van der Waals surface area (Å²) < 4.78 is 12.5. The second-order valence-electron chi connectivity index (χ2n) is 9.81. The Morgan fingerprint density at radius 1 is 1.03 bits per heavy atom. The predicted molar refractivity (Wildman–Crippen MR) is 141 cm³/mol. The molecule has 0 unspecified atom stereocenters. The summed E-state index contributed by atoms with van der Waals surface area (Å²) in [7, 11) is 1.61. The second-order valence-corrected chi connectivity index (χ2v) is 9.81. The summed E-state index contributed by atoms with van der Waals surface area (Å²) in [4.78, 5) is 29.8. The lowest BCUT2D eigenvalue weighted by Crippen LogP contribution is -2.47. The van der Waals surface area contributed by atoms with Gasteiger partial charge in [0, 0.05) is 28.7 Å². The number of carbonyl (C=O) groups is 1. The first-order chi connectivity index (χ1) is 17.5. The number of carbonyl (C=O) groups excluding carboxylic acids is 1. The van der Waals surface area contributed by atoms with Crippen molar-refractivity contribution in [1.29, 1.82) is 0 Å². The van der Waals surface area contributed by atoms with E-state index < -0.39 is 0 Å². The van der Waals surface area contributed by atoms with Gasteiger partial charge < -0.3 is 14.1 Å². The van der Waals surface area contributed by atoms with Crippen LogP contribution in [-0.2, 0) is 6.54 Å². The maximum absolute atomic E-state index is 14.4. The van der Waals surface area contributed by atoms with E-state index in [9.17, 15) is 9.59 Å². The minimum atomic E-state index is -0.162. The van der Waals surface area contributed by atoms with Gasteiger partial charge in [-0.3, -0.25) is 14.2 Å². The molecule has 1 aliphatic rings. The Bertz CT molecular complexity index is 1410. The van der Waals surface area contributed by atoms with Gasteiger partial charge in [-0.1, -0.05) is 44.9 Å². The van der Waals surface area contributed by atoms with E-state index in [1.165, 1.54) is 6.42 Å². The molecule has 0 bridgehead atoms. The Morgan fingerprint density at radius 3 is 2.47 bits per heavy atom. The van der Waals surface area contributed by atoms with E-state index in [1.807, 2.05) is 59.5 Å². The molecule has 0 radical (unpaired) electrons. The van der Waals surface area contributed by atoms with Gasteiger partial charge in [-0.25, -0.2) is 0 Å². The van der Waals surface area contributed by atoms with Crippen LogP contribution in [0.1, 0.15) is 49.2 Å². The number of benzene rings is 2. The maximum Gasteiger partial charge on any atom is 0.262 e. The fourth-order valence-electron chi connectivity index (χ4n) is 5.46. The molecule has 6 nitrogen and oxygen atoms in total. The van der Waals surface area contributed by atoms with Crippen LogP contribution in [0, 0.1) is 11.8 Å². The van der Waals surface area contributed by atoms with Crippen molar-refractivity contribution < 1.29 is 13.9 Å². The van der Waals surface area contributed by atoms with Gasteiger partial charge in [-0.2, -0.15) is 0 Å². The van der Waals surface area contributed by atoms with Gasteiger partial charge in [-0.15, -0.1) is 0 Å². The van der Waals surface area contributed by atoms with Crippen LogP contribution in [0.4, 0.5) is 0 Å². The summed E-state index contributed by atoms with van der Waals surface area (Å²) in [6, 6.07) is 18.5. The lowest BCUT2D eigenvalue weighted by atomic mass is 9.77. The number of nitrogens with zero attached hydrogens (tertiary/aromatic N) is 2. The largest absolute Gasteiger partial charge is 0.497 e. The molecule has 2 aromatic carbocycles. The molecule has 1 fully saturated rings. The average Bonchev–Trinajstić information content (AvgIpc) is 3.43. The Kier molecular flexibility index (Phi) is 6.68. The molecule has 0 aliphatic heterocycles. The van der Waals surface area contributed by atoms with E-state index in [1.54, 1.807) is 30.2 Å². The van der Waals surface area contributed by atoms with E-state index in [0.717, 1.165) is 18.6 Å². The van der Waals surface area contributed by atoms with E-state index >= 15 is 0 Å². The molecule has 2 heterocycles. The number of methoxy groups -OCH3 is 1. The van der Waals surface area contributed by atoms with Gasteiger partial charge in [0.15, 0.2) is 0 Å². The van der Waals surface area contributed by atoms with Crippen molar-refractivity contribution in [1.82, 2.24) is 9.47 Å². The first-order valence-corrected chi connectivity index (χ1v) is 12.6. The lowest BCUT2D eigenvalue weighted by Gasteiger charge is -2.41. The molecular weight excluding hydrogens is 452 g/mol. The van der Waals surface area contributed by atoms with Crippen molar-refractivity contribution in [2.75, 3.05) is 7.11 Å². The van der Waals surface area contributed by atoms with Crippen molar-refractivity contribution >= 4 is 16.7 Å². The highest BCUT2D eigenvalue weighted by atomic mass is 16.5. The second kappa shape index (κ2) is 10.1. The summed E-state index contributed by atoms with van der Waals surface area (Å²) in [5.74, 6) is 2.25. The van der Waals surface area contributed by atoms with Crippen molar-refractivity contribution in [2.24, 2.45) is 11.8 Å². The van der Waals surface area contributed by atoms with Crippen LogP contribution in [0.3, 0.4) is 0 Å². The molecule has 5 rings (SSSR count). The van der Waals surface area contributed by atoms with Gasteiger partial charge >= 0.3 is 0 Å². The standard InChI is InChI=1S/C30H32N2O4/c1-20-8-6-12-28(21(20)2)32(18-24-9-7-17-36-24)30(34)27-19-31(22-13-15-23(35-3)16-14-22)29(33)26-11-5-4-10-25(26)27/h4-5,7,9-11,13-17,19-21,28H,6,8,12,18H2,1-3H3/t20-,21-,28-/m1/s1. The fourth-order valence-corrected chi connectivity index (χ4v) is 5.46. The number of rotatable bonds is 6. The quantitative estimate of drug-likeness (QED) is 0.334. The first kappa shape index (κ1) is 23.9. The number of furan rings is 1. The third-order valence-electron chi connectivity index (χ3n) is 7.74. The monoisotopic (exact) mass is 484 g/mol. The number of hydrogen-bond acceptors (Lipinski definition) is 4. The van der Waals surface area contributed by atoms with Gasteiger partial charge in [0.25, 0.3) is 11.5 Å². The molecule has 36 heavy (non-hydrogen) atoms. The minimum absolute atomic E-state index is 0.0872. The molecule has 1 saturated carbocycles. The Balaban J connectivity index is 1.65. The van der Waals surface area contributed by atoms with Crippen LogP contribution in [0.15, 0.2) is 82.3 Å². The van der Waals surface area contributed by atoms with Crippen molar-refractivity contribution in [3.05, 3.63) is 94.8 Å². The van der Waals surface area contributed by atoms with Crippen molar-refractivity contribution in [3.8, 4) is 11.4 Å². The summed E-state index contributed by atoms with van der Waals surface area (Å²) in [6.45, 7) is 4.91. The van der Waals surface area contributed by atoms with E-state index in [2.05, 4.69) is 13.8 Å². The highest BCUT2D eigenvalue weighted by Gasteiger charge is 2.35. The third kappa shape index (κ3) is 4.43. The molecule has 0 spiro atoms. The topological polar surface area (TPSA) is 64.7 Å². The molecular formula is C30H32N2O4. The van der Waals surface area contributed by atoms with Gasteiger partial charge in [0.05, 0.1) is 25.5 Å². The van der Waals surface area contributed by atoms with E-state index in [0.29, 0.717) is 46.2 Å². The van der Waals surface area contributed by atoms with Crippen LogP contribution < -0.4 is 10.3 Å². The predicted octanol–water partition coefficient (Wildman–Crippen LogP) is 6.06. The smallest absolute Gasteiger partial charge is 0.262 e. The third-order valence-corrected chi connectivity index (χ3v) is 7.74. The van der Waals surface area contributed by atoms with E-state index in [-0.39, 0.29) is 17.5 Å². The fraction of sp³-hybridized carbons (Fsp3) is 0.333. The van der Waals surface area contributed by atoms with Crippen LogP contribution in [-0.4, -0.2) is 28.5 Å². The number of fused-ring (bicyclic) bond motifs is 1. The number of hydrogen-bond donors (Lipinski definition) is 0. The molecule has 0 saturated heterocycles. The zero-order valence-corrected chi connectivity index (χ0v) is 21.0. The summed E-state index contributed by atoms with van der Waals surface area (Å²) in [5.41, 5.74) is 1.03. The van der Waals surface area contributed by atoms with E-state index in [4.69, 9.17) is 9.15 Å². The molecule has 6 heteroatoms. The van der Waals surface area contributed by atoms with Crippen LogP contribution in [0.25, 0.3) is 16.5 Å². The molecule has 1 amide bonds. The SMILES string of the molecule is COc1ccc(-n2cc(C(=O)N(Cc3ccco3)[C@@H]3CCC[C@@H](C)[C@H]3C)c3ccccc3c2=O)cc1.